The molecule has 28 heavy (non-hydrogen) atoms. The molecule has 7 heteroatoms. The summed E-state index contributed by atoms with van der Waals surface area (Å²) in [7, 11) is 1.45. The molecule has 3 rings (SSSR count). The molecule has 3 aromatic rings. The van der Waals surface area contributed by atoms with Crippen molar-refractivity contribution in [2.75, 3.05) is 12.4 Å². The normalized spacial score (nSPS) is 10.8. The highest BCUT2D eigenvalue weighted by Gasteiger charge is 2.23. The van der Waals surface area contributed by atoms with Crippen LogP contribution in [-0.4, -0.2) is 22.7 Å². The molecule has 0 fully saturated rings. The summed E-state index contributed by atoms with van der Waals surface area (Å²) in [4.78, 5) is 25.9. The summed E-state index contributed by atoms with van der Waals surface area (Å²) >= 11 is 5.95. The Hall–Kier alpha value is -2.99. The van der Waals surface area contributed by atoms with E-state index in [1.54, 1.807) is 42.5 Å². The van der Waals surface area contributed by atoms with Crippen LogP contribution in [-0.2, 0) is 6.54 Å². The van der Waals surface area contributed by atoms with Gasteiger partial charge in [0.1, 0.15) is 17.1 Å². The van der Waals surface area contributed by atoms with Gasteiger partial charge in [-0.1, -0.05) is 37.1 Å². The first-order chi connectivity index (χ1) is 13.5. The van der Waals surface area contributed by atoms with Crippen LogP contribution in [0.5, 0.6) is 11.5 Å². The van der Waals surface area contributed by atoms with Crippen molar-refractivity contribution >= 4 is 34.1 Å². The lowest BCUT2D eigenvalue weighted by molar-refractivity contribution is 0.102. The van der Waals surface area contributed by atoms with Crippen molar-refractivity contribution in [3.05, 3.63) is 63.4 Å². The average Bonchev–Trinajstić information content (AvgIpc) is 2.69. The van der Waals surface area contributed by atoms with Gasteiger partial charge in [-0.2, -0.15) is 0 Å². The van der Waals surface area contributed by atoms with Crippen LogP contribution < -0.4 is 15.6 Å². The molecule has 2 aromatic carbocycles. The van der Waals surface area contributed by atoms with Crippen molar-refractivity contribution < 1.29 is 14.6 Å². The Morgan fingerprint density at radius 1 is 1.25 bits per heavy atom. The number of hydrogen-bond acceptors (Lipinski definition) is 4. The first-order valence-electron chi connectivity index (χ1n) is 8.97. The number of amides is 1. The monoisotopic (exact) mass is 400 g/mol. The largest absolute Gasteiger partial charge is 0.506 e. The Balaban J connectivity index is 2.12. The molecule has 0 spiro atoms. The Kier molecular flexibility index (Phi) is 5.90. The van der Waals surface area contributed by atoms with Gasteiger partial charge >= 0.3 is 0 Å². The molecule has 1 amide bonds. The minimum atomic E-state index is -0.709. The predicted molar refractivity (Wildman–Crippen MR) is 111 cm³/mol. The number of benzene rings is 2. The Morgan fingerprint density at radius 3 is 2.71 bits per heavy atom. The molecule has 0 aliphatic heterocycles. The lowest BCUT2D eigenvalue weighted by Crippen LogP contribution is -2.30. The first-order valence-corrected chi connectivity index (χ1v) is 9.35. The van der Waals surface area contributed by atoms with Crippen molar-refractivity contribution in [3.63, 3.8) is 0 Å². The highest BCUT2D eigenvalue weighted by atomic mass is 35.5. The van der Waals surface area contributed by atoms with Crippen molar-refractivity contribution in [2.24, 2.45) is 0 Å². The average molecular weight is 401 g/mol. The Morgan fingerprint density at radius 2 is 2.00 bits per heavy atom. The minimum Gasteiger partial charge on any atom is -0.506 e. The lowest BCUT2D eigenvalue weighted by Gasteiger charge is -2.15. The van der Waals surface area contributed by atoms with Crippen LogP contribution in [0.1, 0.15) is 30.1 Å². The van der Waals surface area contributed by atoms with Crippen molar-refractivity contribution in [3.8, 4) is 11.5 Å². The molecule has 0 aliphatic carbocycles. The fourth-order valence-corrected chi connectivity index (χ4v) is 3.25. The number of ether oxygens (including phenoxy) is 1. The minimum absolute atomic E-state index is 0.299. The zero-order valence-electron chi connectivity index (χ0n) is 15.7. The van der Waals surface area contributed by atoms with E-state index in [-0.39, 0.29) is 11.3 Å². The number of rotatable bonds is 6. The molecule has 0 unspecified atom stereocenters. The maximum atomic E-state index is 13.0. The molecule has 0 radical (unpaired) electrons. The number of para-hydroxylation sites is 1. The lowest BCUT2D eigenvalue weighted by atomic mass is 10.1. The number of unbranched alkanes of at least 4 members (excludes halogenated alkanes) is 1. The number of hydrogen-bond donors (Lipinski definition) is 2. The summed E-state index contributed by atoms with van der Waals surface area (Å²) in [5, 5.41) is 14.2. The third-order valence-corrected chi connectivity index (χ3v) is 4.75. The fraction of sp³-hybridized carbons (Fsp3) is 0.238. The number of carbonyl (C=O) groups excluding carboxylic acids is 1. The van der Waals surface area contributed by atoms with Crippen molar-refractivity contribution in [1.82, 2.24) is 4.57 Å². The summed E-state index contributed by atoms with van der Waals surface area (Å²) in [5.41, 5.74) is 0.116. The van der Waals surface area contributed by atoms with Gasteiger partial charge in [-0.15, -0.1) is 0 Å². The summed E-state index contributed by atoms with van der Waals surface area (Å²) in [6.07, 6.45) is 1.67. The van der Waals surface area contributed by atoms with Gasteiger partial charge in [0.25, 0.3) is 11.5 Å². The summed E-state index contributed by atoms with van der Waals surface area (Å²) in [6.45, 7) is 2.48. The maximum absolute atomic E-state index is 13.0. The second-order valence-corrected chi connectivity index (χ2v) is 6.79. The number of methoxy groups -OCH3 is 1. The predicted octanol–water partition coefficient (Wildman–Crippen LogP) is 4.42. The van der Waals surface area contributed by atoms with Gasteiger partial charge in [-0.05, 0) is 30.7 Å². The molecule has 0 aliphatic rings. The molecular formula is C21H21ClN2O4. The van der Waals surface area contributed by atoms with Crippen LogP contribution in [0.4, 0.5) is 5.69 Å². The van der Waals surface area contributed by atoms with E-state index >= 15 is 0 Å². The van der Waals surface area contributed by atoms with Gasteiger partial charge in [-0.3, -0.25) is 9.59 Å². The number of nitrogens with one attached hydrogen (secondary N) is 1. The smallest absolute Gasteiger partial charge is 0.267 e. The fourth-order valence-electron chi connectivity index (χ4n) is 3.09. The third-order valence-electron chi connectivity index (χ3n) is 4.52. The molecule has 0 atom stereocenters. The van der Waals surface area contributed by atoms with Crippen LogP contribution in [0.15, 0.2) is 47.3 Å². The first kappa shape index (κ1) is 19.8. The molecule has 0 saturated heterocycles. The second kappa shape index (κ2) is 8.35. The topological polar surface area (TPSA) is 80.6 Å². The number of aromatic hydroxyl groups is 1. The highest BCUT2D eigenvalue weighted by Crippen LogP contribution is 2.30. The van der Waals surface area contributed by atoms with E-state index in [2.05, 4.69) is 5.32 Å². The summed E-state index contributed by atoms with van der Waals surface area (Å²) in [5.74, 6) is -0.689. The molecule has 0 bridgehead atoms. The van der Waals surface area contributed by atoms with Crippen LogP contribution in [0.2, 0.25) is 5.02 Å². The van der Waals surface area contributed by atoms with Crippen LogP contribution in [0.25, 0.3) is 10.9 Å². The van der Waals surface area contributed by atoms with Crippen LogP contribution in [0, 0.1) is 0 Å². The number of fused-ring (bicyclic) bond motifs is 1. The van der Waals surface area contributed by atoms with E-state index in [1.807, 2.05) is 6.92 Å². The molecule has 0 saturated carbocycles. The van der Waals surface area contributed by atoms with Gasteiger partial charge < -0.3 is 19.7 Å². The second-order valence-electron chi connectivity index (χ2n) is 6.35. The van der Waals surface area contributed by atoms with Gasteiger partial charge in [0, 0.05) is 23.0 Å². The van der Waals surface area contributed by atoms with E-state index in [4.69, 9.17) is 16.3 Å². The maximum Gasteiger partial charge on any atom is 0.267 e. The summed E-state index contributed by atoms with van der Waals surface area (Å²) in [6, 6.07) is 11.7. The van der Waals surface area contributed by atoms with E-state index in [9.17, 15) is 14.7 Å². The zero-order valence-corrected chi connectivity index (χ0v) is 16.4. The van der Waals surface area contributed by atoms with Crippen LogP contribution >= 0.6 is 11.6 Å². The van der Waals surface area contributed by atoms with Gasteiger partial charge in [0.15, 0.2) is 0 Å². The number of carbonyl (C=O) groups is 1. The number of nitrogens with zero attached hydrogens (tertiary/aromatic N) is 1. The summed E-state index contributed by atoms with van der Waals surface area (Å²) < 4.78 is 6.76. The SMILES string of the molecule is CCCCn1c(=O)c(C(=O)Nc2ccc(Cl)cc2OC)c(O)c2ccccc21. The molecule has 2 N–H and O–H groups in total. The van der Waals surface area contributed by atoms with E-state index in [0.717, 1.165) is 12.8 Å². The Bertz CT molecular complexity index is 1090. The van der Waals surface area contributed by atoms with E-state index in [0.29, 0.717) is 33.9 Å². The highest BCUT2D eigenvalue weighted by molar-refractivity contribution is 6.30. The zero-order chi connectivity index (χ0) is 20.3. The number of pyridine rings is 1. The number of anilines is 1. The van der Waals surface area contributed by atoms with Crippen molar-refractivity contribution in [2.45, 2.75) is 26.3 Å². The van der Waals surface area contributed by atoms with Gasteiger partial charge in [0.05, 0.1) is 18.3 Å². The third kappa shape index (κ3) is 3.68. The van der Waals surface area contributed by atoms with E-state index in [1.165, 1.54) is 11.7 Å². The molecule has 6 nitrogen and oxygen atoms in total. The number of halogens is 1. The molecule has 1 aromatic heterocycles. The van der Waals surface area contributed by atoms with Crippen molar-refractivity contribution in [1.29, 1.82) is 0 Å². The van der Waals surface area contributed by atoms with Gasteiger partial charge in [-0.25, -0.2) is 0 Å². The number of aromatic nitrogens is 1. The molecular weight excluding hydrogens is 380 g/mol. The van der Waals surface area contributed by atoms with Gasteiger partial charge in [0.2, 0.25) is 0 Å². The van der Waals surface area contributed by atoms with E-state index < -0.39 is 11.5 Å². The van der Waals surface area contributed by atoms with Crippen LogP contribution in [0.3, 0.4) is 0 Å². The number of aryl methyl sites for hydroxylation is 1. The standard InChI is InChI=1S/C21H21ClN2O4/c1-3-4-11-24-16-8-6-5-7-14(16)19(25)18(21(24)27)20(26)23-15-10-9-13(22)12-17(15)28-2/h5-10,12,25H,3-4,11H2,1-2H3,(H,23,26). The Labute approximate surface area is 167 Å². The quantitative estimate of drug-likeness (QED) is 0.641. The molecule has 1 heterocycles. The molecule has 146 valence electrons.